The number of rotatable bonds is 10. The second-order valence-corrected chi connectivity index (χ2v) is 11.3. The minimum absolute atomic E-state index is 0.0704. The first-order valence-electron chi connectivity index (χ1n) is 10.9. The van der Waals surface area contributed by atoms with E-state index in [2.05, 4.69) is 61.5 Å². The lowest BCUT2D eigenvalue weighted by Crippen LogP contribution is -2.42. The molecule has 3 heteroatoms. The Morgan fingerprint density at radius 3 is 1.96 bits per heavy atom. The lowest BCUT2D eigenvalue weighted by atomic mass is 9.59. The molecule has 0 heterocycles. The number of nitriles is 1. The predicted molar refractivity (Wildman–Crippen MR) is 119 cm³/mol. The Balaban J connectivity index is 5.29. The molecule has 0 aliphatic rings. The van der Waals surface area contributed by atoms with Crippen molar-refractivity contribution in [2.24, 2.45) is 27.6 Å². The first kappa shape index (κ1) is 26.9. The molecule has 0 saturated heterocycles. The van der Waals surface area contributed by atoms with Gasteiger partial charge in [0.2, 0.25) is 0 Å². The van der Waals surface area contributed by atoms with Crippen molar-refractivity contribution in [3.8, 4) is 6.07 Å². The van der Waals surface area contributed by atoms with Crippen LogP contribution in [0.1, 0.15) is 101 Å². The van der Waals surface area contributed by atoms with Crippen LogP contribution in [-0.2, 0) is 4.79 Å². The van der Waals surface area contributed by atoms with Gasteiger partial charge in [-0.2, -0.15) is 5.26 Å². The third-order valence-electron chi connectivity index (χ3n) is 6.42. The molecule has 0 amide bonds. The zero-order chi connectivity index (χ0) is 22.4. The highest BCUT2D eigenvalue weighted by Crippen LogP contribution is 2.47. The number of carbonyl (C=O) groups is 1. The summed E-state index contributed by atoms with van der Waals surface area (Å²) in [5.41, 5.74) is -1.18. The third-order valence-corrected chi connectivity index (χ3v) is 6.42. The Labute approximate surface area is 174 Å². The fourth-order valence-corrected chi connectivity index (χ4v) is 3.99. The highest BCUT2D eigenvalue weighted by atomic mass is 16.3. The van der Waals surface area contributed by atoms with E-state index < -0.39 is 16.9 Å². The summed E-state index contributed by atoms with van der Waals surface area (Å²) in [6.07, 6.45) is 6.94. The maximum absolute atomic E-state index is 13.2. The fourth-order valence-electron chi connectivity index (χ4n) is 3.99. The molecule has 28 heavy (non-hydrogen) atoms. The first-order valence-corrected chi connectivity index (χ1v) is 10.9. The summed E-state index contributed by atoms with van der Waals surface area (Å²) < 4.78 is 0. The number of aliphatic hydroxyl groups is 1. The molecular weight excluding hydrogens is 346 g/mol. The highest BCUT2D eigenvalue weighted by Gasteiger charge is 2.45. The zero-order valence-corrected chi connectivity index (χ0v) is 20.1. The van der Waals surface area contributed by atoms with Gasteiger partial charge in [0, 0.05) is 5.41 Å². The molecule has 0 fully saturated rings. The van der Waals surface area contributed by atoms with Crippen molar-refractivity contribution in [3.63, 3.8) is 0 Å². The van der Waals surface area contributed by atoms with Crippen LogP contribution in [0.3, 0.4) is 0 Å². The van der Waals surface area contributed by atoms with Crippen LogP contribution >= 0.6 is 0 Å². The molecule has 0 saturated carbocycles. The van der Waals surface area contributed by atoms with E-state index >= 15 is 0 Å². The lowest BCUT2D eigenvalue weighted by molar-refractivity contribution is -0.131. The summed E-state index contributed by atoms with van der Waals surface area (Å²) >= 11 is 0. The molecule has 0 bridgehead atoms. The summed E-state index contributed by atoms with van der Waals surface area (Å²) in [6.45, 7) is 20.9. The number of aliphatic hydroxyl groups excluding tert-OH is 1. The van der Waals surface area contributed by atoms with Crippen LogP contribution in [0.5, 0.6) is 0 Å². The van der Waals surface area contributed by atoms with Crippen molar-refractivity contribution in [2.75, 3.05) is 0 Å². The van der Waals surface area contributed by atoms with Crippen LogP contribution in [0.25, 0.3) is 0 Å². The summed E-state index contributed by atoms with van der Waals surface area (Å²) in [5, 5.41) is 19.8. The van der Waals surface area contributed by atoms with Crippen molar-refractivity contribution in [2.45, 2.75) is 107 Å². The third kappa shape index (κ3) is 7.36. The molecule has 0 aromatic carbocycles. The van der Waals surface area contributed by atoms with Crippen molar-refractivity contribution in [1.82, 2.24) is 0 Å². The Kier molecular flexibility index (Phi) is 9.65. The van der Waals surface area contributed by atoms with Crippen molar-refractivity contribution < 1.29 is 9.90 Å². The zero-order valence-electron chi connectivity index (χ0n) is 20.1. The van der Waals surface area contributed by atoms with Crippen LogP contribution in [0.4, 0.5) is 0 Å². The highest BCUT2D eigenvalue weighted by molar-refractivity contribution is 5.95. The second-order valence-electron chi connectivity index (χ2n) is 11.3. The summed E-state index contributed by atoms with van der Waals surface area (Å²) in [5.74, 6) is 0.364. The van der Waals surface area contributed by atoms with E-state index in [1.54, 1.807) is 13.0 Å². The topological polar surface area (TPSA) is 61.1 Å². The van der Waals surface area contributed by atoms with Crippen molar-refractivity contribution in [3.05, 3.63) is 12.2 Å². The van der Waals surface area contributed by atoms with Gasteiger partial charge in [0.05, 0.1) is 17.6 Å². The normalized spacial score (nSPS) is 19.5. The van der Waals surface area contributed by atoms with Gasteiger partial charge in [-0.25, -0.2) is 0 Å². The molecule has 4 unspecified atom stereocenters. The van der Waals surface area contributed by atoms with E-state index in [0.717, 1.165) is 19.3 Å². The van der Waals surface area contributed by atoms with Gasteiger partial charge in [-0.1, -0.05) is 74.8 Å². The van der Waals surface area contributed by atoms with Crippen LogP contribution < -0.4 is 0 Å². The average Bonchev–Trinajstić information content (AvgIpc) is 2.53. The SMILES string of the molecule is CCCC(C#N)(CCC(C)/C=C\C(=O)C(C)(CC(C)(C)C)C(C)(C)C)C(C)O. The first-order chi connectivity index (χ1) is 12.5. The van der Waals surface area contributed by atoms with Gasteiger partial charge in [-0.3, -0.25) is 4.79 Å². The molecule has 1 N–H and O–H groups in total. The number of hydrogen-bond acceptors (Lipinski definition) is 3. The second kappa shape index (κ2) is 10.1. The fraction of sp³-hybridized carbons (Fsp3) is 0.840. The molecule has 0 aliphatic carbocycles. The summed E-state index contributed by atoms with van der Waals surface area (Å²) in [4.78, 5) is 13.2. The molecule has 0 aromatic rings. The van der Waals surface area contributed by atoms with Crippen molar-refractivity contribution in [1.29, 1.82) is 5.26 Å². The van der Waals surface area contributed by atoms with Crippen LogP contribution in [0.15, 0.2) is 12.2 Å². The maximum Gasteiger partial charge on any atom is 0.161 e. The minimum atomic E-state index is -0.687. The molecule has 0 radical (unpaired) electrons. The molecule has 0 aliphatic heterocycles. The number of allylic oxidation sites excluding steroid dienone is 2. The van der Waals surface area contributed by atoms with E-state index in [4.69, 9.17) is 0 Å². The Bertz CT molecular complexity index is 571. The smallest absolute Gasteiger partial charge is 0.161 e. The quantitative estimate of drug-likeness (QED) is 0.421. The largest absolute Gasteiger partial charge is 0.392 e. The van der Waals surface area contributed by atoms with Crippen LogP contribution in [0, 0.1) is 38.9 Å². The Hall–Kier alpha value is -1.14. The molecule has 0 aromatic heterocycles. The molecule has 4 atom stereocenters. The number of ketones is 1. The van der Waals surface area contributed by atoms with E-state index in [9.17, 15) is 15.2 Å². The molecule has 162 valence electrons. The van der Waals surface area contributed by atoms with Gasteiger partial charge in [-0.15, -0.1) is 0 Å². The molecule has 3 nitrogen and oxygen atoms in total. The number of hydrogen-bond donors (Lipinski definition) is 1. The van der Waals surface area contributed by atoms with Gasteiger partial charge >= 0.3 is 0 Å². The molecular formula is C25H45NO2. The molecule has 0 spiro atoms. The predicted octanol–water partition coefficient (Wildman–Crippen LogP) is 6.71. The lowest BCUT2D eigenvalue weighted by Gasteiger charge is -2.44. The maximum atomic E-state index is 13.2. The minimum Gasteiger partial charge on any atom is -0.392 e. The number of nitrogens with zero attached hydrogens (tertiary/aromatic N) is 1. The van der Waals surface area contributed by atoms with E-state index in [-0.39, 0.29) is 22.5 Å². The van der Waals surface area contributed by atoms with Crippen molar-refractivity contribution >= 4 is 5.78 Å². The Morgan fingerprint density at radius 1 is 1.07 bits per heavy atom. The van der Waals surface area contributed by atoms with E-state index in [1.807, 2.05) is 13.0 Å². The van der Waals surface area contributed by atoms with Gasteiger partial charge in [0.1, 0.15) is 0 Å². The monoisotopic (exact) mass is 391 g/mol. The van der Waals surface area contributed by atoms with Gasteiger partial charge in [0.15, 0.2) is 5.78 Å². The summed E-state index contributed by atoms with van der Waals surface area (Å²) in [6, 6.07) is 2.37. The van der Waals surface area contributed by atoms with E-state index in [0.29, 0.717) is 12.8 Å². The van der Waals surface area contributed by atoms with E-state index in [1.165, 1.54) is 0 Å². The van der Waals surface area contributed by atoms with Gasteiger partial charge in [0.25, 0.3) is 0 Å². The summed E-state index contributed by atoms with van der Waals surface area (Å²) in [7, 11) is 0. The van der Waals surface area contributed by atoms with Crippen LogP contribution in [0.2, 0.25) is 0 Å². The molecule has 0 rings (SSSR count). The average molecular weight is 392 g/mol. The van der Waals surface area contributed by atoms with Gasteiger partial charge in [-0.05, 0) is 55.4 Å². The standard InChI is InChI=1S/C25H45NO2/c1-11-15-25(18-26,20(3)27)16-14-19(2)12-13-21(28)24(10,23(7,8)9)17-22(4,5)6/h12-13,19-20,27H,11,14-17H2,1-10H3/b13-12-. The Morgan fingerprint density at radius 2 is 1.61 bits per heavy atom. The number of carbonyl (C=O) groups excluding carboxylic acids is 1. The van der Waals surface area contributed by atoms with Gasteiger partial charge < -0.3 is 5.11 Å². The van der Waals surface area contributed by atoms with Crippen LogP contribution in [-0.4, -0.2) is 17.0 Å².